The normalized spacial score (nSPS) is 20.4. The molecule has 1 fully saturated rings. The lowest BCUT2D eigenvalue weighted by Crippen LogP contribution is -2.72. The van der Waals surface area contributed by atoms with Crippen LogP contribution in [-0.2, 0) is 29.1 Å². The number of carboxylic acid groups (broad SMARTS) is 1. The molecule has 0 spiro atoms. The van der Waals surface area contributed by atoms with Gasteiger partial charge in [0.1, 0.15) is 24.5 Å². The van der Waals surface area contributed by atoms with Crippen molar-refractivity contribution in [2.45, 2.75) is 29.8 Å². The number of nitrogens with zero attached hydrogens (tertiary/aromatic N) is 3. The molecule has 2 aliphatic rings. The molecule has 4 N–H and O–H groups in total. The third kappa shape index (κ3) is 3.90. The summed E-state index contributed by atoms with van der Waals surface area (Å²) in [5.74, 6) is -3.06. The Morgan fingerprint density at radius 1 is 1.32 bits per heavy atom. The summed E-state index contributed by atoms with van der Waals surface area (Å²) in [6, 6.07) is 5.59. The first-order chi connectivity index (χ1) is 16.2. The van der Waals surface area contributed by atoms with E-state index in [4.69, 9.17) is 10.6 Å². The predicted octanol–water partition coefficient (Wildman–Crippen LogP) is 0.335. The van der Waals surface area contributed by atoms with Crippen LogP contribution in [0.15, 0.2) is 56.4 Å². The second-order valence-electron chi connectivity index (χ2n) is 7.35. The number of nitrogens with one attached hydrogen (secondary N) is 1. The number of anilines is 1. The minimum absolute atomic E-state index is 0.0667. The van der Waals surface area contributed by atoms with Crippen molar-refractivity contribution >= 4 is 49.8 Å². The van der Waals surface area contributed by atoms with Gasteiger partial charge >= 0.3 is 5.97 Å². The highest BCUT2D eigenvalue weighted by atomic mass is 32.2. The van der Waals surface area contributed by atoms with E-state index in [-0.39, 0.29) is 39.2 Å². The van der Waals surface area contributed by atoms with Crippen molar-refractivity contribution < 1.29 is 32.7 Å². The number of fused-ring (bicyclic) bond motifs is 1. The van der Waals surface area contributed by atoms with Crippen LogP contribution in [0, 0.1) is 0 Å². The van der Waals surface area contributed by atoms with Crippen molar-refractivity contribution in [2.75, 3.05) is 12.8 Å². The van der Waals surface area contributed by atoms with Crippen molar-refractivity contribution in [3.05, 3.63) is 52.0 Å². The molecule has 34 heavy (non-hydrogen) atoms. The van der Waals surface area contributed by atoms with Crippen molar-refractivity contribution in [3.63, 3.8) is 0 Å². The molecule has 1 aromatic heterocycles. The van der Waals surface area contributed by atoms with Crippen molar-refractivity contribution in [1.82, 2.24) is 15.2 Å². The van der Waals surface area contributed by atoms with Gasteiger partial charge in [0.2, 0.25) is 9.84 Å². The van der Waals surface area contributed by atoms with Gasteiger partial charge in [-0.1, -0.05) is 23.4 Å². The van der Waals surface area contributed by atoms with Gasteiger partial charge in [0, 0.05) is 5.38 Å². The van der Waals surface area contributed by atoms with Crippen LogP contribution in [0.25, 0.3) is 0 Å². The van der Waals surface area contributed by atoms with E-state index in [0.717, 1.165) is 16.2 Å². The summed E-state index contributed by atoms with van der Waals surface area (Å²) in [7, 11) is -2.90. The molecule has 0 bridgehead atoms. The van der Waals surface area contributed by atoms with E-state index >= 15 is 0 Å². The van der Waals surface area contributed by atoms with E-state index in [2.05, 4.69) is 15.5 Å². The van der Waals surface area contributed by atoms with E-state index in [9.17, 15) is 27.9 Å². The first-order valence-corrected chi connectivity index (χ1v) is 12.3. The van der Waals surface area contributed by atoms with E-state index < -0.39 is 45.4 Å². The number of carbonyl (C=O) groups excluding carboxylic acids is 2. The number of sulfone groups is 1. The topological polar surface area (TPSA) is 181 Å². The molecular formula is C20H19N5O7S2. The van der Waals surface area contributed by atoms with Gasteiger partial charge in [-0.2, -0.15) is 0 Å². The molecule has 2 aromatic rings. The maximum absolute atomic E-state index is 13.1. The molecule has 2 atom stereocenters. The van der Waals surface area contributed by atoms with Gasteiger partial charge in [-0.15, -0.1) is 11.3 Å². The quantitative estimate of drug-likeness (QED) is 0.271. The summed E-state index contributed by atoms with van der Waals surface area (Å²) in [5.41, 5.74) is 4.94. The summed E-state index contributed by atoms with van der Waals surface area (Å²) >= 11 is 1.08. The zero-order chi connectivity index (χ0) is 24.6. The van der Waals surface area contributed by atoms with Crippen LogP contribution in [0.4, 0.5) is 5.13 Å². The highest BCUT2D eigenvalue weighted by Gasteiger charge is 2.55. The fraction of sp³-hybridized carbons (Fsp3) is 0.250. The number of hydrogen-bond donors (Lipinski definition) is 3. The van der Waals surface area contributed by atoms with Gasteiger partial charge in [0.15, 0.2) is 10.8 Å². The van der Waals surface area contributed by atoms with Crippen molar-refractivity contribution in [1.29, 1.82) is 0 Å². The van der Waals surface area contributed by atoms with Crippen LogP contribution >= 0.6 is 11.3 Å². The molecule has 2 amide bonds. The third-order valence-electron chi connectivity index (χ3n) is 5.42. The first-order valence-electron chi connectivity index (χ1n) is 9.89. The number of aromatic nitrogens is 1. The smallest absolute Gasteiger partial charge is 0.353 e. The minimum Gasteiger partial charge on any atom is -0.477 e. The molecular weight excluding hydrogens is 486 g/mol. The third-order valence-corrected chi connectivity index (χ3v) is 8.03. The Morgan fingerprint density at radius 2 is 2.03 bits per heavy atom. The van der Waals surface area contributed by atoms with Gasteiger partial charge in [-0.05, 0) is 25.0 Å². The van der Waals surface area contributed by atoms with Crippen LogP contribution in [-0.4, -0.2) is 66.1 Å². The number of nitrogen functional groups attached to an aromatic ring is 1. The van der Waals surface area contributed by atoms with Crippen molar-refractivity contribution in [2.24, 2.45) is 5.16 Å². The molecule has 0 saturated carbocycles. The van der Waals surface area contributed by atoms with Crippen LogP contribution in [0.3, 0.4) is 0 Å². The van der Waals surface area contributed by atoms with Gasteiger partial charge in [0.25, 0.3) is 11.8 Å². The first kappa shape index (κ1) is 23.4. The summed E-state index contributed by atoms with van der Waals surface area (Å²) in [5, 5.41) is 17.6. The number of carboxylic acids is 1. The average Bonchev–Trinajstić information content (AvgIpc) is 3.25. The number of nitrogens with two attached hydrogens (primary N) is 1. The Kier molecular flexibility index (Phi) is 6.10. The molecule has 1 saturated heterocycles. The second-order valence-corrected chi connectivity index (χ2v) is 10.2. The molecule has 4 rings (SSSR count). The van der Waals surface area contributed by atoms with E-state index in [1.54, 1.807) is 6.07 Å². The number of aliphatic carboxylic acids is 1. The van der Waals surface area contributed by atoms with E-state index in [1.807, 2.05) is 0 Å². The number of hydrogen-bond acceptors (Lipinski definition) is 10. The van der Waals surface area contributed by atoms with E-state index in [1.165, 1.54) is 36.8 Å². The fourth-order valence-electron chi connectivity index (χ4n) is 3.93. The van der Waals surface area contributed by atoms with Crippen LogP contribution in [0.1, 0.15) is 18.5 Å². The highest BCUT2D eigenvalue weighted by molar-refractivity contribution is 7.95. The molecule has 178 valence electrons. The predicted molar refractivity (Wildman–Crippen MR) is 120 cm³/mol. The van der Waals surface area contributed by atoms with Gasteiger partial charge in [0.05, 0.1) is 15.8 Å². The standard InChI is InChI=1S/C20H19N5O7S2/c1-32-24-14(11-9-33-20(21)22-11)17(26)23-15-12-7-8-13(16(19(28)29)25(12)18(15)27)34(30,31)10-5-3-2-4-6-10/h2-6,9,12,15H,7-8H2,1H3,(H2,21,22)(H,23,26)(H,28,29)/b24-14+/t12-,15+/m1/s1. The van der Waals surface area contributed by atoms with Crippen LogP contribution in [0.5, 0.6) is 0 Å². The highest BCUT2D eigenvalue weighted by Crippen LogP contribution is 2.40. The largest absolute Gasteiger partial charge is 0.477 e. The van der Waals surface area contributed by atoms with E-state index in [0.29, 0.717) is 0 Å². The molecule has 0 unspecified atom stereocenters. The van der Waals surface area contributed by atoms with Gasteiger partial charge in [-0.3, -0.25) is 14.5 Å². The Balaban J connectivity index is 1.61. The SMILES string of the molecule is CO/N=C(/C(=O)N[C@@H]1C(=O)N2C(C(=O)O)=C(S(=O)(=O)c3ccccc3)CC[C@H]12)c1csc(N)n1. The summed E-state index contributed by atoms with van der Waals surface area (Å²) in [6.45, 7) is 0. The maximum Gasteiger partial charge on any atom is 0.353 e. The van der Waals surface area contributed by atoms with Crippen LogP contribution in [0.2, 0.25) is 0 Å². The second kappa shape index (κ2) is 8.87. The molecule has 2 aliphatic heterocycles. The summed E-state index contributed by atoms with van der Waals surface area (Å²) in [4.78, 5) is 46.9. The summed E-state index contributed by atoms with van der Waals surface area (Å²) in [6.07, 6.45) is 0.0244. The Hall–Kier alpha value is -3.78. The number of allylic oxidation sites excluding steroid dienone is 1. The number of thiazole rings is 1. The average molecular weight is 506 g/mol. The molecule has 0 aliphatic carbocycles. The number of rotatable bonds is 7. The molecule has 14 heteroatoms. The Labute approximate surface area is 197 Å². The zero-order valence-electron chi connectivity index (χ0n) is 17.7. The molecule has 0 radical (unpaired) electrons. The van der Waals surface area contributed by atoms with Gasteiger partial charge < -0.3 is 21.0 Å². The Morgan fingerprint density at radius 3 is 2.62 bits per heavy atom. The number of oxime groups is 1. The molecule has 3 heterocycles. The zero-order valence-corrected chi connectivity index (χ0v) is 19.3. The van der Waals surface area contributed by atoms with Gasteiger partial charge in [-0.25, -0.2) is 18.2 Å². The lowest BCUT2D eigenvalue weighted by Gasteiger charge is -2.49. The minimum atomic E-state index is -4.13. The monoisotopic (exact) mass is 505 g/mol. The number of β-lactam (4-membered cyclic amide) rings is 1. The lowest BCUT2D eigenvalue weighted by atomic mass is 9.86. The maximum atomic E-state index is 13.1. The van der Waals surface area contributed by atoms with Crippen LogP contribution < -0.4 is 11.1 Å². The molecule has 1 aromatic carbocycles. The number of amides is 2. The number of benzene rings is 1. The Bertz CT molecular complexity index is 1330. The lowest BCUT2D eigenvalue weighted by molar-refractivity contribution is -0.155. The number of carbonyl (C=O) groups is 3. The van der Waals surface area contributed by atoms with Crippen molar-refractivity contribution in [3.8, 4) is 0 Å². The fourth-order valence-corrected chi connectivity index (χ4v) is 6.11. The summed E-state index contributed by atoms with van der Waals surface area (Å²) < 4.78 is 26.2. The molecule has 12 nitrogen and oxygen atoms in total.